The third-order valence-corrected chi connectivity index (χ3v) is 3.63. The molecule has 2 nitrogen and oxygen atoms in total. The Kier molecular flexibility index (Phi) is 5.50. The Bertz CT molecular complexity index is 545. The van der Waals surface area contributed by atoms with Crippen molar-refractivity contribution in [3.8, 4) is 0 Å². The van der Waals surface area contributed by atoms with Crippen LogP contribution < -0.4 is 5.32 Å². The lowest BCUT2D eigenvalue weighted by atomic mass is 9.99. The molecule has 1 aromatic heterocycles. The van der Waals surface area contributed by atoms with Crippen LogP contribution in [0.5, 0.6) is 0 Å². The molecule has 0 aliphatic heterocycles. The molecule has 1 atom stereocenters. The highest BCUT2D eigenvalue weighted by molar-refractivity contribution is 6.31. The number of benzene rings is 1. The SMILES string of the molecule is CCCNC(Cc1cccc(F)c1Cl)c1ccncc1. The van der Waals surface area contributed by atoms with Crippen molar-refractivity contribution in [2.75, 3.05) is 6.54 Å². The molecule has 0 bridgehead atoms. The summed E-state index contributed by atoms with van der Waals surface area (Å²) in [5, 5.41) is 3.68. The first-order valence-electron chi connectivity index (χ1n) is 6.78. The summed E-state index contributed by atoms with van der Waals surface area (Å²) < 4.78 is 13.5. The quantitative estimate of drug-likeness (QED) is 0.865. The van der Waals surface area contributed by atoms with Crippen molar-refractivity contribution in [1.29, 1.82) is 0 Å². The molecule has 0 amide bonds. The second-order valence-corrected chi connectivity index (χ2v) is 5.08. The first-order valence-corrected chi connectivity index (χ1v) is 7.16. The highest BCUT2D eigenvalue weighted by Crippen LogP contribution is 2.25. The lowest BCUT2D eigenvalue weighted by Crippen LogP contribution is -2.24. The highest BCUT2D eigenvalue weighted by atomic mass is 35.5. The van der Waals surface area contributed by atoms with Crippen LogP contribution in [0.1, 0.15) is 30.5 Å². The zero-order chi connectivity index (χ0) is 14.4. The zero-order valence-corrected chi connectivity index (χ0v) is 12.2. The van der Waals surface area contributed by atoms with Gasteiger partial charge in [0.25, 0.3) is 0 Å². The van der Waals surface area contributed by atoms with Crippen molar-refractivity contribution in [2.45, 2.75) is 25.8 Å². The van der Waals surface area contributed by atoms with E-state index in [2.05, 4.69) is 17.2 Å². The first-order chi connectivity index (χ1) is 9.72. The maximum atomic E-state index is 13.5. The van der Waals surface area contributed by atoms with Gasteiger partial charge in [0.15, 0.2) is 0 Å². The molecule has 20 heavy (non-hydrogen) atoms. The molecule has 0 saturated heterocycles. The fourth-order valence-corrected chi connectivity index (χ4v) is 2.35. The van der Waals surface area contributed by atoms with E-state index in [1.165, 1.54) is 6.07 Å². The Morgan fingerprint density at radius 3 is 2.70 bits per heavy atom. The molecular weight excluding hydrogens is 275 g/mol. The molecule has 106 valence electrons. The number of hydrogen-bond acceptors (Lipinski definition) is 2. The summed E-state index contributed by atoms with van der Waals surface area (Å²) in [6, 6.07) is 9.00. The van der Waals surface area contributed by atoms with Crippen LogP contribution in [-0.4, -0.2) is 11.5 Å². The van der Waals surface area contributed by atoms with Crippen LogP contribution in [0, 0.1) is 5.82 Å². The van der Waals surface area contributed by atoms with E-state index < -0.39 is 0 Å². The molecule has 1 heterocycles. The fraction of sp³-hybridized carbons (Fsp3) is 0.312. The van der Waals surface area contributed by atoms with Gasteiger partial charge in [-0.2, -0.15) is 0 Å². The van der Waals surface area contributed by atoms with E-state index in [4.69, 9.17) is 11.6 Å². The molecule has 2 aromatic rings. The van der Waals surface area contributed by atoms with E-state index in [1.54, 1.807) is 18.5 Å². The zero-order valence-electron chi connectivity index (χ0n) is 11.4. The largest absolute Gasteiger partial charge is 0.310 e. The van der Waals surface area contributed by atoms with Crippen LogP contribution in [0.4, 0.5) is 4.39 Å². The second kappa shape index (κ2) is 7.36. The third kappa shape index (κ3) is 3.78. The summed E-state index contributed by atoms with van der Waals surface area (Å²) >= 11 is 6.04. The highest BCUT2D eigenvalue weighted by Gasteiger charge is 2.14. The van der Waals surface area contributed by atoms with Gasteiger partial charge < -0.3 is 5.32 Å². The van der Waals surface area contributed by atoms with Gasteiger partial charge in [-0.25, -0.2) is 4.39 Å². The van der Waals surface area contributed by atoms with E-state index in [9.17, 15) is 4.39 Å². The summed E-state index contributed by atoms with van der Waals surface area (Å²) in [4.78, 5) is 4.03. The summed E-state index contributed by atoms with van der Waals surface area (Å²) in [5.41, 5.74) is 1.95. The number of pyridine rings is 1. The van der Waals surface area contributed by atoms with Gasteiger partial charge in [-0.1, -0.05) is 30.7 Å². The third-order valence-electron chi connectivity index (χ3n) is 3.20. The van der Waals surface area contributed by atoms with Crippen LogP contribution in [0.25, 0.3) is 0 Å². The molecule has 1 aromatic carbocycles. The first kappa shape index (κ1) is 14.9. The summed E-state index contributed by atoms with van der Waals surface area (Å²) in [6.07, 6.45) is 5.23. The Labute approximate surface area is 124 Å². The van der Waals surface area contributed by atoms with E-state index in [0.29, 0.717) is 6.42 Å². The smallest absolute Gasteiger partial charge is 0.142 e. The topological polar surface area (TPSA) is 24.9 Å². The summed E-state index contributed by atoms with van der Waals surface area (Å²) in [6.45, 7) is 3.02. The van der Waals surface area contributed by atoms with Crippen LogP contribution in [0.15, 0.2) is 42.7 Å². The molecular formula is C16H18ClFN2. The fourth-order valence-electron chi connectivity index (χ4n) is 2.15. The van der Waals surface area contributed by atoms with Crippen molar-refractivity contribution >= 4 is 11.6 Å². The van der Waals surface area contributed by atoms with Crippen molar-refractivity contribution in [3.63, 3.8) is 0 Å². The van der Waals surface area contributed by atoms with Crippen LogP contribution in [0.2, 0.25) is 5.02 Å². The van der Waals surface area contributed by atoms with E-state index in [1.807, 2.05) is 18.2 Å². The van der Waals surface area contributed by atoms with Gasteiger partial charge in [0.2, 0.25) is 0 Å². The van der Waals surface area contributed by atoms with Crippen LogP contribution in [-0.2, 0) is 6.42 Å². The predicted molar refractivity (Wildman–Crippen MR) is 80.4 cm³/mol. The monoisotopic (exact) mass is 292 g/mol. The maximum Gasteiger partial charge on any atom is 0.142 e. The number of nitrogens with zero attached hydrogens (tertiary/aromatic N) is 1. The average molecular weight is 293 g/mol. The molecule has 1 N–H and O–H groups in total. The van der Waals surface area contributed by atoms with E-state index in [0.717, 1.165) is 24.1 Å². The average Bonchev–Trinajstić information content (AvgIpc) is 2.48. The minimum atomic E-state index is -0.367. The van der Waals surface area contributed by atoms with Crippen molar-refractivity contribution in [2.24, 2.45) is 0 Å². The molecule has 0 fully saturated rings. The minimum absolute atomic E-state index is 0.109. The molecule has 0 aliphatic rings. The second-order valence-electron chi connectivity index (χ2n) is 4.70. The summed E-state index contributed by atoms with van der Waals surface area (Å²) in [7, 11) is 0. The number of rotatable bonds is 6. The van der Waals surface area contributed by atoms with Crippen molar-refractivity contribution in [3.05, 3.63) is 64.7 Å². The van der Waals surface area contributed by atoms with Gasteiger partial charge in [0.1, 0.15) is 5.82 Å². The standard InChI is InChI=1S/C16H18ClFN2/c1-2-8-20-15(12-6-9-19-10-7-12)11-13-4-3-5-14(18)16(13)17/h3-7,9-10,15,20H,2,8,11H2,1H3. The maximum absolute atomic E-state index is 13.5. The molecule has 0 spiro atoms. The van der Waals surface area contributed by atoms with Gasteiger partial charge in [-0.3, -0.25) is 4.98 Å². The number of halogens is 2. The van der Waals surface area contributed by atoms with Crippen LogP contribution >= 0.6 is 11.6 Å². The molecule has 1 unspecified atom stereocenters. The Balaban J connectivity index is 2.21. The molecule has 0 aliphatic carbocycles. The minimum Gasteiger partial charge on any atom is -0.310 e. The lowest BCUT2D eigenvalue weighted by Gasteiger charge is -2.19. The van der Waals surface area contributed by atoms with Gasteiger partial charge in [-0.15, -0.1) is 0 Å². The van der Waals surface area contributed by atoms with Gasteiger partial charge in [0, 0.05) is 18.4 Å². The predicted octanol–water partition coefficient (Wildman–Crippen LogP) is 4.16. The van der Waals surface area contributed by atoms with Crippen molar-refractivity contribution < 1.29 is 4.39 Å². The number of nitrogens with one attached hydrogen (secondary N) is 1. The van der Waals surface area contributed by atoms with E-state index >= 15 is 0 Å². The van der Waals surface area contributed by atoms with Gasteiger partial charge in [-0.05, 0) is 48.7 Å². The van der Waals surface area contributed by atoms with E-state index in [-0.39, 0.29) is 16.9 Å². The number of aromatic nitrogens is 1. The van der Waals surface area contributed by atoms with Crippen LogP contribution in [0.3, 0.4) is 0 Å². The molecule has 2 rings (SSSR count). The molecule has 0 radical (unpaired) electrons. The Morgan fingerprint density at radius 1 is 1.25 bits per heavy atom. The Hall–Kier alpha value is -1.45. The summed E-state index contributed by atoms with van der Waals surface area (Å²) in [5.74, 6) is -0.367. The number of hydrogen-bond donors (Lipinski definition) is 1. The Morgan fingerprint density at radius 2 is 2.00 bits per heavy atom. The molecule has 0 saturated carbocycles. The van der Waals surface area contributed by atoms with Gasteiger partial charge in [0.05, 0.1) is 5.02 Å². The van der Waals surface area contributed by atoms with Gasteiger partial charge >= 0.3 is 0 Å². The normalized spacial score (nSPS) is 12.3. The molecule has 4 heteroatoms. The van der Waals surface area contributed by atoms with Crippen molar-refractivity contribution in [1.82, 2.24) is 10.3 Å². The lowest BCUT2D eigenvalue weighted by molar-refractivity contribution is 0.527.